The molecule has 2 aliphatic rings. The van der Waals surface area contributed by atoms with Gasteiger partial charge in [0.05, 0.1) is 34.5 Å². The summed E-state index contributed by atoms with van der Waals surface area (Å²) >= 11 is 12.0. The number of ether oxygens (including phenoxy) is 2. The number of nitrogens with one attached hydrogen (secondary N) is 4. The van der Waals surface area contributed by atoms with E-state index in [4.69, 9.17) is 33.7 Å². The van der Waals surface area contributed by atoms with Crippen molar-refractivity contribution in [3.05, 3.63) is 56.6 Å². The van der Waals surface area contributed by atoms with Crippen LogP contribution in [-0.4, -0.2) is 69.1 Å². The Hall–Kier alpha value is -3.34. The Bertz CT molecular complexity index is 1500. The molecule has 0 spiro atoms. The second-order valence-electron chi connectivity index (χ2n) is 9.76. The van der Waals surface area contributed by atoms with Gasteiger partial charge in [0, 0.05) is 24.5 Å². The Kier molecular flexibility index (Phi) is 14.1. The molecule has 0 saturated heterocycles. The second kappa shape index (κ2) is 16.8. The van der Waals surface area contributed by atoms with Gasteiger partial charge in [0.2, 0.25) is 5.95 Å². The quantitative estimate of drug-likeness (QED) is 0.168. The van der Waals surface area contributed by atoms with Gasteiger partial charge in [-0.25, -0.2) is 0 Å². The number of rotatable bonds is 9. The molecule has 0 radical (unpaired) electrons. The van der Waals surface area contributed by atoms with Gasteiger partial charge in [-0.1, -0.05) is 23.2 Å². The molecule has 1 saturated carbocycles. The van der Waals surface area contributed by atoms with Crippen LogP contribution in [-0.2, 0) is 0 Å². The van der Waals surface area contributed by atoms with E-state index >= 15 is 0 Å². The molecule has 0 unspecified atom stereocenters. The van der Waals surface area contributed by atoms with Gasteiger partial charge in [-0.15, -0.1) is 24.8 Å². The maximum atomic E-state index is 12.6. The van der Waals surface area contributed by atoms with Gasteiger partial charge in [-0.3, -0.25) is 19.6 Å². The summed E-state index contributed by atoms with van der Waals surface area (Å²) in [5.41, 5.74) is 5.60. The first-order valence-electron chi connectivity index (χ1n) is 13.0. The van der Waals surface area contributed by atoms with E-state index in [1.807, 2.05) is 0 Å². The fraction of sp³-hybridized carbons (Fsp3) is 0.385. The summed E-state index contributed by atoms with van der Waals surface area (Å²) < 4.78 is 35.1. The summed E-state index contributed by atoms with van der Waals surface area (Å²) in [4.78, 5) is 34.1. The number of alkyl halides is 2. The number of hydrogen-bond donors (Lipinski definition) is 7. The number of aliphatic hydroxyl groups excluding tert-OH is 2. The summed E-state index contributed by atoms with van der Waals surface area (Å²) in [7, 11) is 0. The minimum absolute atomic E-state index is 0. The highest BCUT2D eigenvalue weighted by Gasteiger charge is 2.29. The number of amides is 1. The number of aromatic nitrogens is 3. The smallest absolute Gasteiger partial charge is 0.387 e. The molecule has 5 rings (SSSR count). The molecular formula is C26H31Cl4F2N7O6. The Morgan fingerprint density at radius 3 is 2.44 bits per heavy atom. The lowest BCUT2D eigenvalue weighted by atomic mass is 10.0. The predicted octanol–water partition coefficient (Wildman–Crippen LogP) is 4.17. The molecule has 1 aliphatic heterocycles. The average Bonchev–Trinajstić information content (AvgIpc) is 3.78. The molecule has 8 N–H and O–H groups in total. The monoisotopic (exact) mass is 715 g/mol. The van der Waals surface area contributed by atoms with Crippen molar-refractivity contribution in [2.45, 2.75) is 44.6 Å². The number of benzene rings is 1. The number of carbonyl (C=O) groups excluding carboxylic acids is 1. The second-order valence-corrected chi connectivity index (χ2v) is 10.6. The van der Waals surface area contributed by atoms with E-state index in [9.17, 15) is 28.6 Å². The largest absolute Gasteiger partial charge is 0.489 e. The van der Waals surface area contributed by atoms with Crippen LogP contribution < -0.4 is 36.7 Å². The molecule has 0 bridgehead atoms. The fourth-order valence-electron chi connectivity index (χ4n) is 3.90. The van der Waals surface area contributed by atoms with Crippen LogP contribution in [0.5, 0.6) is 11.5 Å². The molecule has 13 nitrogen and oxygen atoms in total. The molecular weight excluding hydrogens is 686 g/mol. The maximum absolute atomic E-state index is 12.6. The normalized spacial score (nSPS) is 16.1. The van der Waals surface area contributed by atoms with Gasteiger partial charge in [-0.2, -0.15) is 13.8 Å². The zero-order valence-corrected chi connectivity index (χ0v) is 26.6. The number of aromatic amines is 1. The van der Waals surface area contributed by atoms with Crippen LogP contribution in [0.1, 0.15) is 30.1 Å². The molecule has 3 aromatic rings. The number of nitrogens with zero attached hydrogens (tertiary/aromatic N) is 2. The van der Waals surface area contributed by atoms with Gasteiger partial charge >= 0.3 is 6.61 Å². The Balaban J connectivity index is 0.000000325. The van der Waals surface area contributed by atoms with Crippen molar-refractivity contribution in [2.75, 3.05) is 34.8 Å². The third-order valence-corrected chi connectivity index (χ3v) is 6.92. The van der Waals surface area contributed by atoms with Crippen LogP contribution in [0.15, 0.2) is 35.4 Å². The van der Waals surface area contributed by atoms with Crippen molar-refractivity contribution in [1.29, 1.82) is 0 Å². The SMILES string of the molecule is C[C@H](O)[C@H](O)[C@H]1CNc2nc(N)[nH]c(=O)c2N1.Cl.Cl.O=C(Nc1c(Cl)cncc1Cl)c1ccc(OC(F)F)c(OCC2CC2)c1. The highest BCUT2D eigenvalue weighted by molar-refractivity contribution is 6.39. The standard InChI is InChI=1S/C17H14Cl2F2N2O3.C9H15N5O3.2ClH/c18-11-6-22-7-12(19)15(11)23-16(24)10-3-4-13(26-17(20)21)14(5-10)25-8-9-1-2-9;1-3(15)6(16)4-2-11-7-5(12-4)8(17)14-9(10)13-7;;/h3-7,9,17H,1-2,8H2,(H,22,23,24);3-4,6,12,15-16H,2H2,1H3,(H4,10,11,13,14,17);2*1H/t;3-,4+,6-;;/m.0../s1. The van der Waals surface area contributed by atoms with E-state index in [0.717, 1.165) is 12.8 Å². The summed E-state index contributed by atoms with van der Waals surface area (Å²) in [6.45, 7) is -0.790. The summed E-state index contributed by atoms with van der Waals surface area (Å²) in [5.74, 6) is 0.202. The lowest BCUT2D eigenvalue weighted by Gasteiger charge is -2.31. The number of pyridine rings is 1. The Labute approximate surface area is 278 Å². The van der Waals surface area contributed by atoms with Crippen molar-refractivity contribution in [3.8, 4) is 11.5 Å². The van der Waals surface area contributed by atoms with Crippen molar-refractivity contribution in [2.24, 2.45) is 5.92 Å². The van der Waals surface area contributed by atoms with Crippen LogP contribution in [0.2, 0.25) is 10.0 Å². The topological polar surface area (TPSA) is 197 Å². The van der Waals surface area contributed by atoms with E-state index < -0.39 is 36.3 Å². The van der Waals surface area contributed by atoms with Crippen LogP contribution in [0, 0.1) is 5.92 Å². The van der Waals surface area contributed by atoms with Crippen LogP contribution in [0.4, 0.5) is 31.9 Å². The number of hydrogen-bond acceptors (Lipinski definition) is 11. The number of fused-ring (bicyclic) bond motifs is 1. The van der Waals surface area contributed by atoms with E-state index in [2.05, 4.69) is 35.6 Å². The van der Waals surface area contributed by atoms with Gasteiger partial charge in [0.1, 0.15) is 11.8 Å². The van der Waals surface area contributed by atoms with E-state index in [1.165, 1.54) is 37.5 Å². The predicted molar refractivity (Wildman–Crippen MR) is 171 cm³/mol. The highest BCUT2D eigenvalue weighted by atomic mass is 35.5. The Morgan fingerprint density at radius 1 is 1.18 bits per heavy atom. The number of nitrogens with two attached hydrogens (primary N) is 1. The van der Waals surface area contributed by atoms with Crippen LogP contribution in [0.3, 0.4) is 0 Å². The molecule has 248 valence electrons. The van der Waals surface area contributed by atoms with Gasteiger partial charge in [0.15, 0.2) is 17.3 Å². The molecule has 1 aromatic carbocycles. The van der Waals surface area contributed by atoms with Crippen molar-refractivity contribution < 1.29 is 33.3 Å². The van der Waals surface area contributed by atoms with Gasteiger partial charge in [0.25, 0.3) is 11.5 Å². The molecule has 19 heteroatoms. The summed E-state index contributed by atoms with van der Waals surface area (Å²) in [5, 5.41) is 27.7. The number of anilines is 4. The first-order valence-corrected chi connectivity index (χ1v) is 13.8. The lowest BCUT2D eigenvalue weighted by Crippen LogP contribution is -2.48. The zero-order chi connectivity index (χ0) is 31.3. The number of aliphatic hydroxyl groups is 2. The molecule has 3 atom stereocenters. The van der Waals surface area contributed by atoms with Gasteiger partial charge < -0.3 is 41.4 Å². The van der Waals surface area contributed by atoms with Gasteiger partial charge in [-0.05, 0) is 43.9 Å². The molecule has 1 fully saturated rings. The highest BCUT2D eigenvalue weighted by Crippen LogP contribution is 2.35. The first kappa shape index (κ1) is 37.8. The van der Waals surface area contributed by atoms with Crippen molar-refractivity contribution >= 4 is 77.1 Å². The van der Waals surface area contributed by atoms with Crippen molar-refractivity contribution in [1.82, 2.24) is 15.0 Å². The summed E-state index contributed by atoms with van der Waals surface area (Å²) in [6, 6.07) is 3.49. The van der Waals surface area contributed by atoms with Crippen molar-refractivity contribution in [3.63, 3.8) is 0 Å². The number of H-pyrrole nitrogens is 1. The number of nitrogen functional groups attached to an aromatic ring is 1. The first-order chi connectivity index (χ1) is 20.4. The maximum Gasteiger partial charge on any atom is 0.387 e. The third-order valence-electron chi connectivity index (χ3n) is 6.35. The van der Waals surface area contributed by atoms with Crippen LogP contribution in [0.25, 0.3) is 0 Å². The lowest BCUT2D eigenvalue weighted by molar-refractivity contribution is -0.0515. The van der Waals surface area contributed by atoms with E-state index in [1.54, 1.807) is 0 Å². The number of carbonyl (C=O) groups is 1. The summed E-state index contributed by atoms with van der Waals surface area (Å²) in [6.07, 6.45) is 2.87. The molecule has 45 heavy (non-hydrogen) atoms. The minimum Gasteiger partial charge on any atom is -0.489 e. The molecule has 3 heterocycles. The molecule has 2 aromatic heterocycles. The minimum atomic E-state index is -2.99. The Morgan fingerprint density at radius 2 is 1.84 bits per heavy atom. The average molecular weight is 717 g/mol. The van der Waals surface area contributed by atoms with E-state index in [-0.39, 0.29) is 69.2 Å². The van der Waals surface area contributed by atoms with E-state index in [0.29, 0.717) is 24.9 Å². The fourth-order valence-corrected chi connectivity index (χ4v) is 4.36. The molecule has 1 aliphatic carbocycles. The number of halogens is 6. The van der Waals surface area contributed by atoms with Crippen LogP contribution >= 0.6 is 48.0 Å². The third kappa shape index (κ3) is 10.3. The zero-order valence-electron chi connectivity index (χ0n) is 23.4. The molecule has 1 amide bonds.